The second-order valence-electron chi connectivity index (χ2n) is 11.3. The van der Waals surface area contributed by atoms with Gasteiger partial charge < -0.3 is 15.3 Å². The van der Waals surface area contributed by atoms with Gasteiger partial charge in [0.2, 0.25) is 0 Å². The molecule has 0 saturated heterocycles. The lowest BCUT2D eigenvalue weighted by atomic mass is 9.61. The summed E-state index contributed by atoms with van der Waals surface area (Å²) in [6.45, 7) is 12.6. The van der Waals surface area contributed by atoms with E-state index in [0.29, 0.717) is 30.1 Å². The van der Waals surface area contributed by atoms with Crippen LogP contribution in [0.5, 0.6) is 0 Å². The molecule has 0 heterocycles. The van der Waals surface area contributed by atoms with Gasteiger partial charge in [0, 0.05) is 6.42 Å². The Bertz CT molecular complexity index is 794. The third-order valence-corrected chi connectivity index (χ3v) is 8.25. The average Bonchev–Trinajstić information content (AvgIpc) is 3.06. The maximum Gasteiger partial charge on any atom is 0.0811 e. The topological polar surface area (TPSA) is 60.7 Å². The van der Waals surface area contributed by atoms with Gasteiger partial charge in [0.1, 0.15) is 0 Å². The van der Waals surface area contributed by atoms with E-state index in [4.69, 9.17) is 0 Å². The molecular formula is C29H44O3. The van der Waals surface area contributed by atoms with Gasteiger partial charge in [-0.3, -0.25) is 0 Å². The average molecular weight is 441 g/mol. The lowest BCUT2D eigenvalue weighted by Gasteiger charge is -2.44. The molecule has 3 fully saturated rings. The molecule has 6 atom stereocenters. The SMILES string of the molecule is C=C1/C(=C\C=C2/CCC[C@]3(C)[C@@H]([C@H](C)C/C=C/C=C/C(C)(C)O)CC[C@@H]23)C[C@@H](O)C[C@@H]1O. The van der Waals surface area contributed by atoms with Gasteiger partial charge in [0.05, 0.1) is 17.8 Å². The van der Waals surface area contributed by atoms with Gasteiger partial charge in [-0.2, -0.15) is 0 Å². The van der Waals surface area contributed by atoms with E-state index < -0.39 is 17.8 Å². The van der Waals surface area contributed by atoms with Crippen molar-refractivity contribution in [1.29, 1.82) is 0 Å². The minimum atomic E-state index is -0.761. The number of fused-ring (bicyclic) bond motifs is 1. The Labute approximate surface area is 195 Å². The molecule has 0 aliphatic heterocycles. The molecule has 3 nitrogen and oxygen atoms in total. The summed E-state index contributed by atoms with van der Waals surface area (Å²) in [5.74, 6) is 1.99. The molecule has 0 amide bonds. The van der Waals surface area contributed by atoms with E-state index in [1.165, 1.54) is 25.7 Å². The highest BCUT2D eigenvalue weighted by molar-refractivity contribution is 5.38. The Morgan fingerprint density at radius 2 is 1.94 bits per heavy atom. The predicted molar refractivity (Wildman–Crippen MR) is 133 cm³/mol. The lowest BCUT2D eigenvalue weighted by molar-refractivity contribution is 0.0861. The van der Waals surface area contributed by atoms with Crippen LogP contribution in [0.15, 0.2) is 59.8 Å². The predicted octanol–water partition coefficient (Wildman–Crippen LogP) is 6.04. The Hall–Kier alpha value is -1.42. The first-order valence-corrected chi connectivity index (χ1v) is 12.5. The maximum absolute atomic E-state index is 10.1. The van der Waals surface area contributed by atoms with Crippen molar-refractivity contribution in [3.8, 4) is 0 Å². The molecule has 32 heavy (non-hydrogen) atoms. The van der Waals surface area contributed by atoms with Crippen LogP contribution in [0.4, 0.5) is 0 Å². The molecule has 0 aromatic carbocycles. The zero-order valence-electron chi connectivity index (χ0n) is 20.6. The summed E-state index contributed by atoms with van der Waals surface area (Å²) in [6.07, 6.45) is 19.7. The molecule has 0 aromatic heterocycles. The first-order chi connectivity index (χ1) is 15.0. The molecular weight excluding hydrogens is 396 g/mol. The van der Waals surface area contributed by atoms with Crippen molar-refractivity contribution >= 4 is 0 Å². The molecule has 3 aliphatic carbocycles. The van der Waals surface area contributed by atoms with Crippen LogP contribution >= 0.6 is 0 Å². The van der Waals surface area contributed by atoms with Crippen molar-refractivity contribution < 1.29 is 15.3 Å². The monoisotopic (exact) mass is 440 g/mol. The number of allylic oxidation sites excluding steroid dienone is 6. The third kappa shape index (κ3) is 5.92. The number of aliphatic hydroxyl groups is 3. The van der Waals surface area contributed by atoms with Crippen LogP contribution in [0.1, 0.15) is 79.1 Å². The van der Waals surface area contributed by atoms with Crippen molar-refractivity contribution in [3.63, 3.8) is 0 Å². The van der Waals surface area contributed by atoms with E-state index in [2.05, 4.69) is 44.7 Å². The van der Waals surface area contributed by atoms with Crippen LogP contribution in [0.3, 0.4) is 0 Å². The fourth-order valence-electron chi connectivity index (χ4n) is 6.51. The van der Waals surface area contributed by atoms with Crippen molar-refractivity contribution in [2.24, 2.45) is 23.2 Å². The van der Waals surface area contributed by atoms with E-state index in [9.17, 15) is 15.3 Å². The summed E-state index contributed by atoms with van der Waals surface area (Å²) in [6, 6.07) is 0. The quantitative estimate of drug-likeness (QED) is 0.442. The molecule has 0 aromatic rings. The van der Waals surface area contributed by atoms with Crippen LogP contribution < -0.4 is 0 Å². The Morgan fingerprint density at radius 1 is 1.19 bits per heavy atom. The molecule has 3 heteroatoms. The molecule has 3 saturated carbocycles. The second kappa shape index (κ2) is 10.2. The molecule has 0 unspecified atom stereocenters. The maximum atomic E-state index is 10.1. The summed E-state index contributed by atoms with van der Waals surface area (Å²) >= 11 is 0. The zero-order chi connectivity index (χ0) is 23.5. The Balaban J connectivity index is 1.68. The normalized spacial score (nSPS) is 37.7. The van der Waals surface area contributed by atoms with E-state index in [1.54, 1.807) is 19.4 Å². The summed E-state index contributed by atoms with van der Waals surface area (Å²) < 4.78 is 0. The van der Waals surface area contributed by atoms with E-state index in [-0.39, 0.29) is 0 Å². The van der Waals surface area contributed by atoms with Gasteiger partial charge in [-0.15, -0.1) is 0 Å². The van der Waals surface area contributed by atoms with Crippen molar-refractivity contribution in [2.45, 2.75) is 96.9 Å². The number of aliphatic hydroxyl groups excluding tert-OH is 2. The van der Waals surface area contributed by atoms with Gasteiger partial charge in [-0.05, 0) is 93.1 Å². The summed E-state index contributed by atoms with van der Waals surface area (Å²) in [5.41, 5.74) is 2.91. The van der Waals surface area contributed by atoms with Crippen molar-refractivity contribution in [2.75, 3.05) is 0 Å². The van der Waals surface area contributed by atoms with E-state index in [0.717, 1.165) is 29.9 Å². The highest BCUT2D eigenvalue weighted by Crippen LogP contribution is 2.59. The van der Waals surface area contributed by atoms with Gasteiger partial charge >= 0.3 is 0 Å². The first-order valence-electron chi connectivity index (χ1n) is 12.5. The second-order valence-corrected chi connectivity index (χ2v) is 11.3. The molecule has 0 spiro atoms. The standard InChI is InChI=1S/C29H44O3/c1-20(10-7-6-8-16-28(3,4)32)25-14-15-26-22(11-9-17-29(25,26)5)12-13-23-18-24(30)19-27(31)21(23)2/h6-8,12-13,16,20,24-27,30-32H,2,9-11,14-15,17-19H2,1,3-5H3/b7-6+,16-8+,22-12+,23-13-/t20-,24-,25-,26+,27+,29-/m1/s1. The van der Waals surface area contributed by atoms with Crippen molar-refractivity contribution in [1.82, 2.24) is 0 Å². The van der Waals surface area contributed by atoms with Crippen LogP contribution in [0.2, 0.25) is 0 Å². The molecule has 3 N–H and O–H groups in total. The van der Waals surface area contributed by atoms with E-state index >= 15 is 0 Å². The highest BCUT2D eigenvalue weighted by Gasteiger charge is 2.50. The molecule has 0 radical (unpaired) electrons. The lowest BCUT2D eigenvalue weighted by Crippen LogP contribution is -2.35. The molecule has 3 aliphatic rings. The largest absolute Gasteiger partial charge is 0.393 e. The minimum Gasteiger partial charge on any atom is -0.393 e. The number of hydrogen-bond acceptors (Lipinski definition) is 3. The van der Waals surface area contributed by atoms with Gasteiger partial charge in [-0.1, -0.05) is 62.5 Å². The van der Waals surface area contributed by atoms with Gasteiger partial charge in [0.25, 0.3) is 0 Å². The van der Waals surface area contributed by atoms with Crippen LogP contribution in [-0.2, 0) is 0 Å². The molecule has 178 valence electrons. The zero-order valence-corrected chi connectivity index (χ0v) is 20.6. The fraction of sp³-hybridized carbons (Fsp3) is 0.655. The minimum absolute atomic E-state index is 0.349. The van der Waals surface area contributed by atoms with Crippen LogP contribution in [0.25, 0.3) is 0 Å². The number of rotatable bonds is 6. The number of hydrogen-bond donors (Lipinski definition) is 3. The summed E-state index contributed by atoms with van der Waals surface area (Å²) in [4.78, 5) is 0. The Morgan fingerprint density at radius 3 is 2.66 bits per heavy atom. The third-order valence-electron chi connectivity index (χ3n) is 8.25. The summed E-state index contributed by atoms with van der Waals surface area (Å²) in [7, 11) is 0. The van der Waals surface area contributed by atoms with Crippen LogP contribution in [-0.4, -0.2) is 33.1 Å². The van der Waals surface area contributed by atoms with Crippen LogP contribution in [0, 0.1) is 23.2 Å². The fourth-order valence-corrected chi connectivity index (χ4v) is 6.51. The summed E-state index contributed by atoms with van der Waals surface area (Å²) in [5, 5.41) is 30.0. The van der Waals surface area contributed by atoms with E-state index in [1.807, 2.05) is 12.2 Å². The van der Waals surface area contributed by atoms with Gasteiger partial charge in [-0.25, -0.2) is 0 Å². The first kappa shape index (κ1) is 25.2. The molecule has 0 bridgehead atoms. The van der Waals surface area contributed by atoms with Crippen molar-refractivity contribution in [3.05, 3.63) is 59.8 Å². The highest BCUT2D eigenvalue weighted by atomic mass is 16.3. The molecule has 3 rings (SSSR count). The smallest absolute Gasteiger partial charge is 0.0811 e. The van der Waals surface area contributed by atoms with Gasteiger partial charge in [0.15, 0.2) is 0 Å². The Kier molecular flexibility index (Phi) is 8.06.